The normalized spacial score (nSPS) is 11.1. The van der Waals surface area contributed by atoms with Crippen LogP contribution in [0.2, 0.25) is 0 Å². The molecular formula is C21H16FN3OS. The van der Waals surface area contributed by atoms with Gasteiger partial charge in [0.25, 0.3) is 0 Å². The van der Waals surface area contributed by atoms with Crippen LogP contribution in [0.3, 0.4) is 0 Å². The van der Waals surface area contributed by atoms with Crippen molar-refractivity contribution in [3.63, 3.8) is 0 Å². The van der Waals surface area contributed by atoms with E-state index in [1.807, 2.05) is 48.5 Å². The molecule has 27 heavy (non-hydrogen) atoms. The lowest BCUT2D eigenvalue weighted by molar-refractivity contribution is 0.305. The van der Waals surface area contributed by atoms with Crippen molar-refractivity contribution in [2.75, 3.05) is 5.43 Å². The highest BCUT2D eigenvalue weighted by molar-refractivity contribution is 7.22. The fraction of sp³-hybridized carbons (Fsp3) is 0.0476. The number of rotatable bonds is 6. The Balaban J connectivity index is 1.43. The predicted octanol–water partition coefficient (Wildman–Crippen LogP) is 5.46. The van der Waals surface area contributed by atoms with E-state index in [9.17, 15) is 4.39 Å². The van der Waals surface area contributed by atoms with Crippen LogP contribution in [-0.4, -0.2) is 11.2 Å². The number of hydrogen-bond donors (Lipinski definition) is 1. The van der Waals surface area contributed by atoms with Crippen molar-refractivity contribution in [1.29, 1.82) is 0 Å². The summed E-state index contributed by atoms with van der Waals surface area (Å²) >= 11 is 1.55. The zero-order chi connectivity index (χ0) is 18.5. The summed E-state index contributed by atoms with van der Waals surface area (Å²) in [6.07, 6.45) is 1.70. The van der Waals surface area contributed by atoms with Crippen molar-refractivity contribution in [3.05, 3.63) is 89.7 Å². The lowest BCUT2D eigenvalue weighted by atomic mass is 10.2. The molecule has 0 bridgehead atoms. The number of fused-ring (bicyclic) bond motifs is 1. The highest BCUT2D eigenvalue weighted by Crippen LogP contribution is 2.25. The summed E-state index contributed by atoms with van der Waals surface area (Å²) in [6, 6.07) is 21.8. The lowest BCUT2D eigenvalue weighted by Gasteiger charge is -2.09. The van der Waals surface area contributed by atoms with Crippen molar-refractivity contribution in [3.8, 4) is 5.75 Å². The van der Waals surface area contributed by atoms with Gasteiger partial charge >= 0.3 is 0 Å². The Morgan fingerprint density at radius 1 is 1.00 bits per heavy atom. The first-order chi connectivity index (χ1) is 13.3. The Kier molecular flexibility index (Phi) is 5.07. The van der Waals surface area contributed by atoms with Crippen LogP contribution in [0.25, 0.3) is 10.2 Å². The summed E-state index contributed by atoms with van der Waals surface area (Å²) in [5.74, 6) is 0.448. The van der Waals surface area contributed by atoms with Crippen LogP contribution in [0, 0.1) is 5.82 Å². The van der Waals surface area contributed by atoms with E-state index in [4.69, 9.17) is 4.74 Å². The number of para-hydroxylation sites is 2. The fourth-order valence-electron chi connectivity index (χ4n) is 2.54. The van der Waals surface area contributed by atoms with Crippen molar-refractivity contribution >= 4 is 32.9 Å². The minimum Gasteiger partial charge on any atom is -0.488 e. The molecule has 0 amide bonds. The van der Waals surface area contributed by atoms with Crippen molar-refractivity contribution in [2.45, 2.75) is 6.61 Å². The van der Waals surface area contributed by atoms with Crippen LogP contribution in [0.15, 0.2) is 77.9 Å². The quantitative estimate of drug-likeness (QED) is 0.358. The average Bonchev–Trinajstić information content (AvgIpc) is 3.11. The first-order valence-electron chi connectivity index (χ1n) is 8.39. The number of hydrogen-bond acceptors (Lipinski definition) is 5. The minimum absolute atomic E-state index is 0.257. The molecule has 4 nitrogen and oxygen atoms in total. The monoisotopic (exact) mass is 377 g/mol. The predicted molar refractivity (Wildman–Crippen MR) is 108 cm³/mol. The molecular weight excluding hydrogens is 361 g/mol. The van der Waals surface area contributed by atoms with E-state index in [-0.39, 0.29) is 5.82 Å². The van der Waals surface area contributed by atoms with Gasteiger partial charge in [0.2, 0.25) is 5.13 Å². The van der Waals surface area contributed by atoms with Crippen LogP contribution in [0.4, 0.5) is 9.52 Å². The van der Waals surface area contributed by atoms with Crippen LogP contribution in [-0.2, 0) is 6.61 Å². The molecule has 0 atom stereocenters. The molecule has 0 aliphatic heterocycles. The Morgan fingerprint density at radius 2 is 1.78 bits per heavy atom. The molecule has 6 heteroatoms. The van der Waals surface area contributed by atoms with E-state index in [2.05, 4.69) is 15.5 Å². The number of nitrogens with one attached hydrogen (secondary N) is 1. The largest absolute Gasteiger partial charge is 0.488 e. The van der Waals surface area contributed by atoms with Crippen LogP contribution in [0.1, 0.15) is 11.1 Å². The topological polar surface area (TPSA) is 46.5 Å². The number of benzene rings is 3. The van der Waals surface area contributed by atoms with Gasteiger partial charge in [-0.1, -0.05) is 47.7 Å². The Morgan fingerprint density at radius 3 is 2.63 bits per heavy atom. The molecule has 0 fully saturated rings. The summed E-state index contributed by atoms with van der Waals surface area (Å²) < 4.78 is 20.0. The molecule has 0 radical (unpaired) electrons. The van der Waals surface area contributed by atoms with Crippen LogP contribution >= 0.6 is 11.3 Å². The molecule has 1 N–H and O–H groups in total. The second-order valence-corrected chi connectivity index (χ2v) is 6.84. The van der Waals surface area contributed by atoms with E-state index in [1.165, 1.54) is 12.1 Å². The zero-order valence-electron chi connectivity index (χ0n) is 14.3. The second kappa shape index (κ2) is 7.97. The van der Waals surface area contributed by atoms with E-state index in [1.54, 1.807) is 29.7 Å². The molecule has 0 saturated heterocycles. The molecule has 3 aromatic carbocycles. The van der Waals surface area contributed by atoms with Gasteiger partial charge in [0.15, 0.2) is 0 Å². The number of aromatic nitrogens is 1. The van der Waals surface area contributed by atoms with Gasteiger partial charge in [0.1, 0.15) is 18.2 Å². The highest BCUT2D eigenvalue weighted by Gasteiger charge is 2.03. The highest BCUT2D eigenvalue weighted by atomic mass is 32.1. The molecule has 0 aliphatic rings. The molecule has 1 aromatic heterocycles. The number of anilines is 1. The maximum atomic E-state index is 13.0. The van der Waals surface area contributed by atoms with E-state index in [0.29, 0.717) is 12.4 Å². The smallest absolute Gasteiger partial charge is 0.204 e. The number of halogens is 1. The Bertz CT molecular complexity index is 1040. The van der Waals surface area contributed by atoms with Crippen molar-refractivity contribution in [1.82, 2.24) is 4.98 Å². The maximum absolute atomic E-state index is 13.0. The third-order valence-corrected chi connectivity index (χ3v) is 4.83. The van der Waals surface area contributed by atoms with Crippen molar-refractivity contribution in [2.24, 2.45) is 5.10 Å². The first kappa shape index (κ1) is 17.2. The average molecular weight is 377 g/mol. The van der Waals surface area contributed by atoms with Crippen molar-refractivity contribution < 1.29 is 9.13 Å². The molecule has 134 valence electrons. The number of thiazole rings is 1. The summed E-state index contributed by atoms with van der Waals surface area (Å²) in [5, 5.41) is 5.01. The molecule has 0 aliphatic carbocycles. The first-order valence-corrected chi connectivity index (χ1v) is 9.20. The number of nitrogens with zero attached hydrogens (tertiary/aromatic N) is 2. The molecule has 0 unspecified atom stereocenters. The fourth-order valence-corrected chi connectivity index (χ4v) is 3.35. The Hall–Kier alpha value is -3.25. The summed E-state index contributed by atoms with van der Waals surface area (Å²) in [6.45, 7) is 0.358. The minimum atomic E-state index is -0.257. The summed E-state index contributed by atoms with van der Waals surface area (Å²) in [4.78, 5) is 4.48. The molecule has 0 saturated carbocycles. The van der Waals surface area contributed by atoms with Gasteiger partial charge in [0, 0.05) is 5.56 Å². The van der Waals surface area contributed by atoms with Gasteiger partial charge < -0.3 is 4.74 Å². The molecule has 4 aromatic rings. The van der Waals surface area contributed by atoms with Gasteiger partial charge in [-0.25, -0.2) is 9.37 Å². The Labute approximate surface area is 160 Å². The summed E-state index contributed by atoms with van der Waals surface area (Å²) in [5.41, 5.74) is 5.66. The third-order valence-electron chi connectivity index (χ3n) is 3.88. The summed E-state index contributed by atoms with van der Waals surface area (Å²) in [7, 11) is 0. The maximum Gasteiger partial charge on any atom is 0.204 e. The van der Waals surface area contributed by atoms with E-state index >= 15 is 0 Å². The van der Waals surface area contributed by atoms with Gasteiger partial charge in [-0.3, -0.25) is 5.43 Å². The van der Waals surface area contributed by atoms with Crippen LogP contribution in [0.5, 0.6) is 5.75 Å². The zero-order valence-corrected chi connectivity index (χ0v) is 15.1. The van der Waals surface area contributed by atoms with Gasteiger partial charge in [-0.2, -0.15) is 5.10 Å². The van der Waals surface area contributed by atoms with Gasteiger partial charge in [-0.15, -0.1) is 0 Å². The molecule has 1 heterocycles. The number of ether oxygens (including phenoxy) is 1. The standard InChI is InChI=1S/C21H16FN3OS/c22-17-11-9-15(10-12-17)14-26-19-7-3-1-5-16(19)13-23-25-21-24-18-6-2-4-8-20(18)27-21/h1-13H,14H2,(H,24,25)/b23-13-. The van der Waals surface area contributed by atoms with Gasteiger partial charge in [0.05, 0.1) is 16.4 Å². The molecule has 0 spiro atoms. The third kappa shape index (κ3) is 4.30. The SMILES string of the molecule is Fc1ccc(COc2ccccc2/C=N\Nc2nc3ccccc3s2)cc1. The lowest BCUT2D eigenvalue weighted by Crippen LogP contribution is -1.99. The second-order valence-electron chi connectivity index (χ2n) is 5.81. The number of hydrazone groups is 1. The molecule has 4 rings (SSSR count). The van der Waals surface area contributed by atoms with Gasteiger partial charge in [-0.05, 0) is 42.0 Å². The van der Waals surface area contributed by atoms with E-state index < -0.39 is 0 Å². The van der Waals surface area contributed by atoms with E-state index in [0.717, 1.165) is 26.5 Å². The van der Waals surface area contributed by atoms with Crippen LogP contribution < -0.4 is 10.2 Å².